The van der Waals surface area contributed by atoms with Gasteiger partial charge in [0.05, 0.1) is 10.4 Å². The first-order chi connectivity index (χ1) is 8.08. The Morgan fingerprint density at radius 3 is 2.72 bits per heavy atom. The van der Waals surface area contributed by atoms with Gasteiger partial charge in [0.2, 0.25) is 5.91 Å². The van der Waals surface area contributed by atoms with Gasteiger partial charge in [0.1, 0.15) is 0 Å². The first kappa shape index (κ1) is 15.3. The van der Waals surface area contributed by atoms with Gasteiger partial charge in [-0.15, -0.1) is 12.4 Å². The number of halogens is 4. The predicted molar refractivity (Wildman–Crippen MR) is 70.9 cm³/mol. The van der Waals surface area contributed by atoms with Gasteiger partial charge in [-0.25, -0.2) is 8.78 Å². The minimum Gasteiger partial charge on any atom is -0.326 e. The molecule has 2 rings (SSSR count). The van der Waals surface area contributed by atoms with Crippen LogP contribution in [-0.4, -0.2) is 19.0 Å². The van der Waals surface area contributed by atoms with Gasteiger partial charge in [0, 0.05) is 18.3 Å². The van der Waals surface area contributed by atoms with Crippen LogP contribution < -0.4 is 10.6 Å². The maximum atomic E-state index is 13.1. The van der Waals surface area contributed by atoms with Crippen LogP contribution in [0.15, 0.2) is 16.6 Å². The van der Waals surface area contributed by atoms with E-state index in [0.717, 1.165) is 19.0 Å². The summed E-state index contributed by atoms with van der Waals surface area (Å²) in [6, 6.07) is 2.32. The average Bonchev–Trinajstić information content (AvgIpc) is 2.79. The Morgan fingerprint density at radius 2 is 2.17 bits per heavy atom. The van der Waals surface area contributed by atoms with Crippen LogP contribution in [0, 0.1) is 17.6 Å². The van der Waals surface area contributed by atoms with E-state index in [9.17, 15) is 13.6 Å². The summed E-state index contributed by atoms with van der Waals surface area (Å²) in [6.45, 7) is 1.43. The number of anilines is 1. The zero-order valence-corrected chi connectivity index (χ0v) is 11.7. The predicted octanol–water partition coefficient (Wildman–Crippen LogP) is 2.70. The van der Waals surface area contributed by atoms with E-state index in [1.807, 2.05) is 0 Å². The zero-order chi connectivity index (χ0) is 12.4. The summed E-state index contributed by atoms with van der Waals surface area (Å²) in [5.74, 6) is -2.22. The quantitative estimate of drug-likeness (QED) is 0.812. The van der Waals surface area contributed by atoms with Crippen LogP contribution in [-0.2, 0) is 4.79 Å². The highest BCUT2D eigenvalue weighted by Crippen LogP contribution is 2.24. The average molecular weight is 342 g/mol. The van der Waals surface area contributed by atoms with Crippen molar-refractivity contribution in [2.45, 2.75) is 6.42 Å². The van der Waals surface area contributed by atoms with E-state index in [2.05, 4.69) is 26.6 Å². The molecular weight excluding hydrogens is 329 g/mol. The van der Waals surface area contributed by atoms with E-state index < -0.39 is 11.6 Å². The number of amides is 1. The highest BCUT2D eigenvalue weighted by atomic mass is 79.9. The second-order valence-corrected chi connectivity index (χ2v) is 4.79. The van der Waals surface area contributed by atoms with Gasteiger partial charge < -0.3 is 10.6 Å². The summed E-state index contributed by atoms with van der Waals surface area (Å²) in [6.07, 6.45) is 0.761. The van der Waals surface area contributed by atoms with E-state index in [0.29, 0.717) is 6.54 Å². The molecule has 0 spiro atoms. The number of carbonyl (C=O) groups is 1. The lowest BCUT2D eigenvalue weighted by Crippen LogP contribution is -2.24. The largest absolute Gasteiger partial charge is 0.326 e. The Labute approximate surface area is 118 Å². The molecule has 1 aromatic carbocycles. The van der Waals surface area contributed by atoms with E-state index in [4.69, 9.17) is 0 Å². The first-order valence-corrected chi connectivity index (χ1v) is 6.03. The van der Waals surface area contributed by atoms with Crippen molar-refractivity contribution in [3.63, 3.8) is 0 Å². The maximum Gasteiger partial charge on any atom is 0.228 e. The normalized spacial score (nSPS) is 18.3. The molecule has 1 fully saturated rings. The molecule has 0 aromatic heterocycles. The summed E-state index contributed by atoms with van der Waals surface area (Å²) < 4.78 is 26.1. The Kier molecular flexibility index (Phi) is 5.49. The number of nitrogens with one attached hydrogen (secondary N) is 2. The molecule has 1 aromatic rings. The Bertz CT molecular complexity index is 430. The Balaban J connectivity index is 0.00000162. The van der Waals surface area contributed by atoms with Crippen molar-refractivity contribution in [2.75, 3.05) is 18.4 Å². The van der Waals surface area contributed by atoms with Crippen LogP contribution >= 0.6 is 28.3 Å². The SMILES string of the molecule is Cl.O=C(Nc1cc(F)c(F)c(Br)c1)[C@H]1CCNC1. The number of hydrogen-bond acceptors (Lipinski definition) is 2. The number of carbonyl (C=O) groups excluding carboxylic acids is 1. The lowest BCUT2D eigenvalue weighted by molar-refractivity contribution is -0.119. The summed E-state index contributed by atoms with van der Waals surface area (Å²) in [5, 5.41) is 5.64. The summed E-state index contributed by atoms with van der Waals surface area (Å²) in [7, 11) is 0. The number of rotatable bonds is 2. The molecule has 0 bridgehead atoms. The molecule has 7 heteroatoms. The van der Waals surface area contributed by atoms with Gasteiger partial charge >= 0.3 is 0 Å². The van der Waals surface area contributed by atoms with Crippen LogP contribution in [0.2, 0.25) is 0 Å². The standard InChI is InChI=1S/C11H11BrF2N2O.ClH/c12-8-3-7(4-9(13)10(8)14)16-11(17)6-1-2-15-5-6;/h3-4,6,15H,1-2,5H2,(H,16,17);1H/t6-;/m0./s1. The lowest BCUT2D eigenvalue weighted by atomic mass is 10.1. The Hall–Kier alpha value is -0.720. The van der Waals surface area contributed by atoms with Gasteiger partial charge in [0.25, 0.3) is 0 Å². The molecule has 0 unspecified atom stereocenters. The fourth-order valence-electron chi connectivity index (χ4n) is 1.75. The maximum absolute atomic E-state index is 13.1. The van der Waals surface area contributed by atoms with Crippen molar-refractivity contribution in [1.29, 1.82) is 0 Å². The lowest BCUT2D eigenvalue weighted by Gasteiger charge is -2.10. The van der Waals surface area contributed by atoms with Gasteiger partial charge in [-0.1, -0.05) is 0 Å². The minimum absolute atomic E-state index is 0. The van der Waals surface area contributed by atoms with Gasteiger partial charge in [-0.2, -0.15) is 0 Å². The van der Waals surface area contributed by atoms with Crippen molar-refractivity contribution in [2.24, 2.45) is 5.92 Å². The monoisotopic (exact) mass is 340 g/mol. The smallest absolute Gasteiger partial charge is 0.228 e. The molecule has 1 heterocycles. The van der Waals surface area contributed by atoms with Gasteiger partial charge in [0.15, 0.2) is 11.6 Å². The molecule has 1 aliphatic heterocycles. The van der Waals surface area contributed by atoms with Crippen molar-refractivity contribution in [1.82, 2.24) is 5.32 Å². The van der Waals surface area contributed by atoms with Crippen molar-refractivity contribution >= 4 is 39.9 Å². The molecule has 0 radical (unpaired) electrons. The highest BCUT2D eigenvalue weighted by molar-refractivity contribution is 9.10. The van der Waals surface area contributed by atoms with Crippen molar-refractivity contribution in [3.05, 3.63) is 28.2 Å². The molecule has 0 saturated carbocycles. The molecule has 100 valence electrons. The molecule has 2 N–H and O–H groups in total. The van der Waals surface area contributed by atoms with E-state index in [1.54, 1.807) is 0 Å². The topological polar surface area (TPSA) is 41.1 Å². The third kappa shape index (κ3) is 3.40. The van der Waals surface area contributed by atoms with Gasteiger partial charge in [-0.05, 0) is 35.0 Å². The third-order valence-corrected chi connectivity index (χ3v) is 3.26. The molecule has 18 heavy (non-hydrogen) atoms. The second-order valence-electron chi connectivity index (χ2n) is 3.93. The molecule has 1 aliphatic rings. The first-order valence-electron chi connectivity index (χ1n) is 5.24. The van der Waals surface area contributed by atoms with Crippen LogP contribution in [0.3, 0.4) is 0 Å². The summed E-state index contributed by atoms with van der Waals surface area (Å²) in [4.78, 5) is 11.7. The molecule has 1 saturated heterocycles. The highest BCUT2D eigenvalue weighted by Gasteiger charge is 2.22. The van der Waals surface area contributed by atoms with Crippen LogP contribution in [0.5, 0.6) is 0 Å². The fraction of sp³-hybridized carbons (Fsp3) is 0.364. The zero-order valence-electron chi connectivity index (χ0n) is 9.30. The molecule has 1 atom stereocenters. The Morgan fingerprint density at radius 1 is 1.44 bits per heavy atom. The number of benzene rings is 1. The second kappa shape index (κ2) is 6.45. The fourth-order valence-corrected chi connectivity index (χ4v) is 2.19. The van der Waals surface area contributed by atoms with E-state index in [1.165, 1.54) is 6.07 Å². The third-order valence-electron chi connectivity index (χ3n) is 2.68. The van der Waals surface area contributed by atoms with E-state index >= 15 is 0 Å². The summed E-state index contributed by atoms with van der Waals surface area (Å²) >= 11 is 2.89. The van der Waals surface area contributed by atoms with E-state index in [-0.39, 0.29) is 34.4 Å². The van der Waals surface area contributed by atoms with Crippen LogP contribution in [0.4, 0.5) is 14.5 Å². The molecule has 1 amide bonds. The van der Waals surface area contributed by atoms with Crippen LogP contribution in [0.25, 0.3) is 0 Å². The number of hydrogen-bond donors (Lipinski definition) is 2. The summed E-state index contributed by atoms with van der Waals surface area (Å²) in [5.41, 5.74) is 0.257. The molecule has 3 nitrogen and oxygen atoms in total. The van der Waals surface area contributed by atoms with Crippen molar-refractivity contribution in [3.8, 4) is 0 Å². The minimum atomic E-state index is -0.987. The molecular formula is C11H12BrClF2N2O. The molecule has 0 aliphatic carbocycles. The van der Waals surface area contributed by atoms with Crippen LogP contribution in [0.1, 0.15) is 6.42 Å². The van der Waals surface area contributed by atoms with Gasteiger partial charge in [-0.3, -0.25) is 4.79 Å². The van der Waals surface area contributed by atoms with Crippen molar-refractivity contribution < 1.29 is 13.6 Å².